The van der Waals surface area contributed by atoms with Crippen molar-refractivity contribution in [2.45, 2.75) is 37.8 Å². The third-order valence-electron chi connectivity index (χ3n) is 5.62. The number of anilines is 1. The van der Waals surface area contributed by atoms with Gasteiger partial charge in [-0.05, 0) is 54.7 Å². The number of nitrogens with one attached hydrogen (secondary N) is 2. The van der Waals surface area contributed by atoms with Crippen molar-refractivity contribution in [3.63, 3.8) is 0 Å². The van der Waals surface area contributed by atoms with E-state index in [9.17, 15) is 9.18 Å². The van der Waals surface area contributed by atoms with Crippen LogP contribution >= 0.6 is 0 Å². The molecule has 2 aliphatic rings. The fourth-order valence-corrected chi connectivity index (χ4v) is 4.01. The lowest BCUT2D eigenvalue weighted by atomic mass is 10.0. The maximum atomic E-state index is 13.2. The van der Waals surface area contributed by atoms with E-state index >= 15 is 0 Å². The van der Waals surface area contributed by atoms with E-state index in [-0.39, 0.29) is 11.7 Å². The number of halogens is 1. The Bertz CT molecular complexity index is 784. The first-order valence-electron chi connectivity index (χ1n) is 9.81. The summed E-state index contributed by atoms with van der Waals surface area (Å²) in [7, 11) is 0. The molecular formula is C22H26FN3O. The van der Waals surface area contributed by atoms with Crippen LogP contribution in [-0.2, 0) is 4.79 Å². The second-order valence-corrected chi connectivity index (χ2v) is 7.53. The van der Waals surface area contributed by atoms with E-state index in [0.29, 0.717) is 18.5 Å². The number of nitrogens with zero attached hydrogens (tertiary/aromatic N) is 1. The second-order valence-electron chi connectivity index (χ2n) is 7.53. The molecule has 2 aromatic rings. The van der Waals surface area contributed by atoms with Crippen molar-refractivity contribution in [2.75, 3.05) is 24.5 Å². The van der Waals surface area contributed by atoms with Gasteiger partial charge in [-0.1, -0.05) is 24.3 Å². The minimum Gasteiger partial charge on any atom is -0.371 e. The van der Waals surface area contributed by atoms with Gasteiger partial charge in [-0.2, -0.15) is 0 Å². The van der Waals surface area contributed by atoms with Crippen LogP contribution in [0.4, 0.5) is 10.1 Å². The summed E-state index contributed by atoms with van der Waals surface area (Å²) in [5.41, 5.74) is 3.37. The monoisotopic (exact) mass is 367 g/mol. The van der Waals surface area contributed by atoms with Crippen LogP contribution in [0.5, 0.6) is 0 Å². The minimum atomic E-state index is -0.207. The van der Waals surface area contributed by atoms with E-state index in [2.05, 4.69) is 39.8 Å². The highest BCUT2D eigenvalue weighted by Crippen LogP contribution is 2.27. The van der Waals surface area contributed by atoms with Crippen LogP contribution in [0.2, 0.25) is 0 Å². The largest absolute Gasteiger partial charge is 0.371 e. The van der Waals surface area contributed by atoms with Gasteiger partial charge >= 0.3 is 0 Å². The van der Waals surface area contributed by atoms with Gasteiger partial charge < -0.3 is 15.5 Å². The van der Waals surface area contributed by atoms with Crippen LogP contribution in [0.3, 0.4) is 0 Å². The summed E-state index contributed by atoms with van der Waals surface area (Å²) in [6.07, 6.45) is 3.80. The minimum absolute atomic E-state index is 0.178. The number of hydrogen-bond acceptors (Lipinski definition) is 3. The van der Waals surface area contributed by atoms with Crippen molar-refractivity contribution >= 4 is 11.6 Å². The Morgan fingerprint density at radius 2 is 1.81 bits per heavy atom. The lowest BCUT2D eigenvalue weighted by Gasteiger charge is -2.34. The maximum absolute atomic E-state index is 13.2. The molecule has 0 bridgehead atoms. The molecule has 2 aliphatic heterocycles. The zero-order chi connectivity index (χ0) is 18.6. The lowest BCUT2D eigenvalue weighted by Crippen LogP contribution is -2.46. The highest BCUT2D eigenvalue weighted by molar-refractivity contribution is 5.78. The first-order valence-corrected chi connectivity index (χ1v) is 9.81. The second kappa shape index (κ2) is 8.09. The Labute approximate surface area is 159 Å². The maximum Gasteiger partial charge on any atom is 0.220 e. The molecule has 0 aliphatic carbocycles. The van der Waals surface area contributed by atoms with Crippen molar-refractivity contribution in [3.05, 3.63) is 54.3 Å². The van der Waals surface area contributed by atoms with Crippen molar-refractivity contribution in [1.29, 1.82) is 0 Å². The predicted molar refractivity (Wildman–Crippen MR) is 106 cm³/mol. The average Bonchev–Trinajstić information content (AvgIpc) is 3.13. The van der Waals surface area contributed by atoms with E-state index in [4.69, 9.17) is 0 Å². The molecular weight excluding hydrogens is 341 g/mol. The van der Waals surface area contributed by atoms with E-state index < -0.39 is 0 Å². The molecule has 0 aromatic heterocycles. The van der Waals surface area contributed by atoms with Gasteiger partial charge in [0.05, 0.1) is 0 Å². The standard InChI is InChI=1S/C22H26FN3O/c23-18-6-4-16(5-7-18)17-2-1-3-21(14-17)26-12-10-19(11-13-26)24-15-20-8-9-22(27)25-20/h1-7,14,19-20,24H,8-13,15H2,(H,25,27)/t20-/m0/s1. The lowest BCUT2D eigenvalue weighted by molar-refractivity contribution is -0.119. The van der Waals surface area contributed by atoms with Crippen LogP contribution in [0.25, 0.3) is 11.1 Å². The van der Waals surface area contributed by atoms with Gasteiger partial charge in [0.1, 0.15) is 5.82 Å². The molecule has 142 valence electrons. The van der Waals surface area contributed by atoms with Crippen molar-refractivity contribution in [3.8, 4) is 11.1 Å². The van der Waals surface area contributed by atoms with Crippen molar-refractivity contribution < 1.29 is 9.18 Å². The van der Waals surface area contributed by atoms with Gasteiger partial charge in [-0.15, -0.1) is 0 Å². The molecule has 0 radical (unpaired) electrons. The summed E-state index contributed by atoms with van der Waals surface area (Å²) in [5.74, 6) is -0.0284. The Morgan fingerprint density at radius 3 is 2.52 bits per heavy atom. The Hall–Kier alpha value is -2.40. The van der Waals surface area contributed by atoms with Crippen molar-refractivity contribution in [1.82, 2.24) is 10.6 Å². The number of carbonyl (C=O) groups excluding carboxylic acids is 1. The summed E-state index contributed by atoms with van der Waals surface area (Å²) in [6, 6.07) is 15.9. The van der Waals surface area contributed by atoms with Crippen LogP contribution in [0.15, 0.2) is 48.5 Å². The molecule has 4 nitrogen and oxygen atoms in total. The summed E-state index contributed by atoms with van der Waals surface area (Å²) in [4.78, 5) is 13.7. The number of hydrogen-bond donors (Lipinski definition) is 2. The van der Waals surface area contributed by atoms with Crippen LogP contribution < -0.4 is 15.5 Å². The molecule has 2 fully saturated rings. The number of amides is 1. The topological polar surface area (TPSA) is 44.4 Å². The average molecular weight is 367 g/mol. The Morgan fingerprint density at radius 1 is 1.04 bits per heavy atom. The highest BCUT2D eigenvalue weighted by atomic mass is 19.1. The van der Waals surface area contributed by atoms with E-state index in [1.807, 2.05) is 12.1 Å². The molecule has 5 heteroatoms. The molecule has 2 N–H and O–H groups in total. The molecule has 4 rings (SSSR count). The molecule has 0 unspecified atom stereocenters. The Balaban J connectivity index is 1.32. The van der Waals surface area contributed by atoms with Gasteiger partial charge in [0.25, 0.3) is 0 Å². The third-order valence-corrected chi connectivity index (χ3v) is 5.62. The summed E-state index contributed by atoms with van der Waals surface area (Å²) in [6.45, 7) is 2.90. The van der Waals surface area contributed by atoms with E-state index in [1.54, 1.807) is 0 Å². The molecule has 1 amide bonds. The highest BCUT2D eigenvalue weighted by Gasteiger charge is 2.23. The van der Waals surface area contributed by atoms with Gasteiger partial charge in [0, 0.05) is 43.8 Å². The fourth-order valence-electron chi connectivity index (χ4n) is 4.01. The van der Waals surface area contributed by atoms with Gasteiger partial charge in [-0.25, -0.2) is 4.39 Å². The fraction of sp³-hybridized carbons (Fsp3) is 0.409. The molecule has 2 saturated heterocycles. The molecule has 1 atom stereocenters. The summed E-state index contributed by atoms with van der Waals surface area (Å²) < 4.78 is 13.2. The number of rotatable bonds is 5. The molecule has 2 aromatic carbocycles. The van der Waals surface area contributed by atoms with Gasteiger partial charge in [0.15, 0.2) is 0 Å². The van der Waals surface area contributed by atoms with Crippen LogP contribution in [0.1, 0.15) is 25.7 Å². The zero-order valence-electron chi connectivity index (χ0n) is 15.5. The SMILES string of the molecule is O=C1CC[C@@H](CNC2CCN(c3cccc(-c4ccc(F)cc4)c3)CC2)N1. The normalized spacial score (nSPS) is 20.7. The van der Waals surface area contributed by atoms with E-state index in [0.717, 1.165) is 50.0 Å². The molecule has 2 heterocycles. The van der Waals surface area contributed by atoms with Crippen LogP contribution in [-0.4, -0.2) is 37.6 Å². The first-order chi connectivity index (χ1) is 13.2. The summed E-state index contributed by atoms with van der Waals surface area (Å²) in [5, 5.41) is 6.64. The number of carbonyl (C=O) groups is 1. The Kier molecular flexibility index (Phi) is 5.39. The molecule has 0 spiro atoms. The first kappa shape index (κ1) is 18.0. The molecule has 0 saturated carbocycles. The van der Waals surface area contributed by atoms with Crippen LogP contribution in [0, 0.1) is 5.82 Å². The molecule has 27 heavy (non-hydrogen) atoms. The zero-order valence-corrected chi connectivity index (χ0v) is 15.5. The predicted octanol–water partition coefficient (Wildman–Crippen LogP) is 3.33. The number of benzene rings is 2. The quantitative estimate of drug-likeness (QED) is 0.852. The van der Waals surface area contributed by atoms with Gasteiger partial charge in [0.2, 0.25) is 5.91 Å². The number of piperidine rings is 1. The smallest absolute Gasteiger partial charge is 0.220 e. The third kappa shape index (κ3) is 4.48. The van der Waals surface area contributed by atoms with Crippen molar-refractivity contribution in [2.24, 2.45) is 0 Å². The van der Waals surface area contributed by atoms with Gasteiger partial charge in [-0.3, -0.25) is 4.79 Å². The summed E-state index contributed by atoms with van der Waals surface area (Å²) >= 11 is 0. The van der Waals surface area contributed by atoms with E-state index in [1.165, 1.54) is 17.8 Å².